The molecule has 2 fully saturated rings. The molecule has 0 spiro atoms. The Morgan fingerprint density at radius 1 is 1.06 bits per heavy atom. The molecule has 0 radical (unpaired) electrons. The van der Waals surface area contributed by atoms with Gasteiger partial charge in [0.1, 0.15) is 0 Å². The highest BCUT2D eigenvalue weighted by Crippen LogP contribution is 2.35. The van der Waals surface area contributed by atoms with Crippen LogP contribution in [0.15, 0.2) is 30.3 Å². The van der Waals surface area contributed by atoms with Crippen LogP contribution < -0.4 is 10.6 Å². The van der Waals surface area contributed by atoms with Gasteiger partial charge < -0.3 is 15.7 Å². The fourth-order valence-electron chi connectivity index (χ4n) is 3.20. The first-order chi connectivity index (χ1) is 8.34. The maximum Gasteiger partial charge on any atom is 0.0818 e. The fraction of sp³-hybridized carbons (Fsp3) is 0.571. The second-order valence-electron chi connectivity index (χ2n) is 5.23. The summed E-state index contributed by atoms with van der Waals surface area (Å²) >= 11 is 0. The lowest BCUT2D eigenvalue weighted by Gasteiger charge is -2.34. The van der Waals surface area contributed by atoms with Crippen molar-refractivity contribution in [3.63, 3.8) is 0 Å². The molecule has 100 valence electrons. The lowest BCUT2D eigenvalue weighted by molar-refractivity contribution is 0.0742. The molecule has 1 heterocycles. The van der Waals surface area contributed by atoms with Gasteiger partial charge in [0.25, 0.3) is 0 Å². The number of rotatable bonds is 2. The molecule has 3 N–H and O–H groups in total. The zero-order chi connectivity index (χ0) is 11.7. The molecule has 1 saturated carbocycles. The van der Waals surface area contributed by atoms with Crippen LogP contribution in [0, 0.1) is 5.92 Å². The number of hydrogen-bond donors (Lipinski definition) is 3. The molecule has 18 heavy (non-hydrogen) atoms. The third-order valence-corrected chi connectivity index (χ3v) is 4.21. The van der Waals surface area contributed by atoms with E-state index in [4.69, 9.17) is 0 Å². The smallest absolute Gasteiger partial charge is 0.0818 e. The fourth-order valence-corrected chi connectivity index (χ4v) is 3.20. The molecule has 3 rings (SSSR count). The zero-order valence-electron chi connectivity index (χ0n) is 10.4. The lowest BCUT2D eigenvalue weighted by atomic mass is 9.78. The molecule has 3 nitrogen and oxygen atoms in total. The van der Waals surface area contributed by atoms with E-state index in [0.717, 1.165) is 25.1 Å². The van der Waals surface area contributed by atoms with Crippen LogP contribution in [0.3, 0.4) is 0 Å². The van der Waals surface area contributed by atoms with Crippen LogP contribution in [0.4, 0.5) is 0 Å². The predicted molar refractivity (Wildman–Crippen MR) is 74.7 cm³/mol. The van der Waals surface area contributed by atoms with Crippen LogP contribution >= 0.6 is 12.4 Å². The van der Waals surface area contributed by atoms with Crippen molar-refractivity contribution in [2.45, 2.75) is 37.5 Å². The van der Waals surface area contributed by atoms with Gasteiger partial charge in [-0.2, -0.15) is 0 Å². The molecule has 1 aliphatic carbocycles. The minimum absolute atomic E-state index is 0. The Morgan fingerprint density at radius 2 is 1.78 bits per heavy atom. The van der Waals surface area contributed by atoms with Gasteiger partial charge in [-0.15, -0.1) is 12.4 Å². The molecule has 0 bridgehead atoms. The molecule has 0 aromatic heterocycles. The molecule has 4 atom stereocenters. The summed E-state index contributed by atoms with van der Waals surface area (Å²) in [6, 6.07) is 11.2. The average Bonchev–Trinajstić information content (AvgIpc) is 2.86. The summed E-state index contributed by atoms with van der Waals surface area (Å²) < 4.78 is 0. The first-order valence-electron chi connectivity index (χ1n) is 6.54. The van der Waals surface area contributed by atoms with Gasteiger partial charge in [0.15, 0.2) is 0 Å². The Morgan fingerprint density at radius 3 is 2.56 bits per heavy atom. The lowest BCUT2D eigenvalue weighted by Crippen LogP contribution is -2.40. The molecule has 0 amide bonds. The van der Waals surface area contributed by atoms with Crippen molar-refractivity contribution in [3.8, 4) is 0 Å². The predicted octanol–water partition coefficient (Wildman–Crippen LogP) is 1.83. The highest BCUT2D eigenvalue weighted by molar-refractivity contribution is 5.85. The number of aliphatic hydroxyl groups excluding tert-OH is 1. The van der Waals surface area contributed by atoms with E-state index in [1.807, 2.05) is 30.3 Å². The standard InChI is InChI=1S/C14H20N2O.ClH/c17-14(10-4-2-1-3-5-10)11-6-7-12-13(8-11)16-9-15-12;/h1-5,11-17H,6-9H2;1H. The molecular weight excluding hydrogens is 248 g/mol. The van der Waals surface area contributed by atoms with Gasteiger partial charge in [-0.25, -0.2) is 0 Å². The van der Waals surface area contributed by atoms with Crippen molar-refractivity contribution in [2.24, 2.45) is 5.92 Å². The Kier molecular flexibility index (Phi) is 4.62. The second kappa shape index (κ2) is 6.02. The topological polar surface area (TPSA) is 44.3 Å². The van der Waals surface area contributed by atoms with Crippen molar-refractivity contribution < 1.29 is 5.11 Å². The van der Waals surface area contributed by atoms with E-state index in [9.17, 15) is 5.11 Å². The third kappa shape index (κ3) is 2.69. The summed E-state index contributed by atoms with van der Waals surface area (Å²) in [4.78, 5) is 0. The summed E-state index contributed by atoms with van der Waals surface area (Å²) in [5.74, 6) is 0.394. The van der Waals surface area contributed by atoms with Crippen LogP contribution in [0.1, 0.15) is 30.9 Å². The van der Waals surface area contributed by atoms with Crippen molar-refractivity contribution in [1.29, 1.82) is 0 Å². The van der Waals surface area contributed by atoms with Crippen molar-refractivity contribution >= 4 is 12.4 Å². The Hall–Kier alpha value is -0.610. The van der Waals surface area contributed by atoms with Crippen molar-refractivity contribution in [3.05, 3.63) is 35.9 Å². The molecule has 1 aromatic rings. The summed E-state index contributed by atoms with van der Waals surface area (Å²) in [5.41, 5.74) is 1.06. The normalized spacial score (nSPS) is 32.4. The van der Waals surface area contributed by atoms with E-state index in [0.29, 0.717) is 18.0 Å². The van der Waals surface area contributed by atoms with Gasteiger partial charge in [0, 0.05) is 18.8 Å². The second-order valence-corrected chi connectivity index (χ2v) is 5.23. The molecule has 1 aromatic carbocycles. The minimum atomic E-state index is -0.306. The van der Waals surface area contributed by atoms with Gasteiger partial charge >= 0.3 is 0 Å². The Bertz CT molecular complexity index is 373. The molecule has 1 aliphatic heterocycles. The first kappa shape index (κ1) is 13.8. The van der Waals surface area contributed by atoms with Crippen LogP contribution in [0.25, 0.3) is 0 Å². The van der Waals surface area contributed by atoms with E-state index >= 15 is 0 Å². The number of hydrogen-bond acceptors (Lipinski definition) is 3. The third-order valence-electron chi connectivity index (χ3n) is 4.21. The maximum absolute atomic E-state index is 10.4. The highest BCUT2D eigenvalue weighted by Gasteiger charge is 2.36. The average molecular weight is 269 g/mol. The summed E-state index contributed by atoms with van der Waals surface area (Å²) in [7, 11) is 0. The maximum atomic E-state index is 10.4. The number of benzene rings is 1. The number of fused-ring (bicyclic) bond motifs is 1. The monoisotopic (exact) mass is 268 g/mol. The van der Waals surface area contributed by atoms with Crippen LogP contribution in [0.5, 0.6) is 0 Å². The molecule has 1 saturated heterocycles. The quantitative estimate of drug-likeness (QED) is 0.767. The van der Waals surface area contributed by atoms with E-state index in [1.165, 1.54) is 6.42 Å². The van der Waals surface area contributed by atoms with E-state index in [1.54, 1.807) is 0 Å². The number of aliphatic hydroxyl groups is 1. The summed E-state index contributed by atoms with van der Waals surface area (Å²) in [6.07, 6.45) is 3.06. The van der Waals surface area contributed by atoms with E-state index in [2.05, 4.69) is 10.6 Å². The summed E-state index contributed by atoms with van der Waals surface area (Å²) in [5, 5.41) is 17.4. The Balaban J connectivity index is 0.00000120. The van der Waals surface area contributed by atoms with Crippen molar-refractivity contribution in [1.82, 2.24) is 10.6 Å². The van der Waals surface area contributed by atoms with E-state index in [-0.39, 0.29) is 18.5 Å². The first-order valence-corrected chi connectivity index (χ1v) is 6.54. The largest absolute Gasteiger partial charge is 0.388 e. The van der Waals surface area contributed by atoms with Gasteiger partial charge in [-0.1, -0.05) is 30.3 Å². The minimum Gasteiger partial charge on any atom is -0.388 e. The van der Waals surface area contributed by atoms with Gasteiger partial charge in [0.05, 0.1) is 6.10 Å². The number of halogens is 1. The van der Waals surface area contributed by atoms with Crippen LogP contribution in [-0.4, -0.2) is 23.9 Å². The zero-order valence-corrected chi connectivity index (χ0v) is 11.2. The summed E-state index contributed by atoms with van der Waals surface area (Å²) in [6.45, 7) is 0.920. The van der Waals surface area contributed by atoms with E-state index < -0.39 is 0 Å². The molecule has 2 aliphatic rings. The number of nitrogens with one attached hydrogen (secondary N) is 2. The van der Waals surface area contributed by atoms with Gasteiger partial charge in [-0.3, -0.25) is 0 Å². The molecule has 4 unspecified atom stereocenters. The van der Waals surface area contributed by atoms with Gasteiger partial charge in [0.2, 0.25) is 0 Å². The van der Waals surface area contributed by atoms with Gasteiger partial charge in [-0.05, 0) is 30.7 Å². The SMILES string of the molecule is Cl.OC(c1ccccc1)C1CCC2NCNC2C1. The van der Waals surface area contributed by atoms with Crippen molar-refractivity contribution in [2.75, 3.05) is 6.67 Å². The highest BCUT2D eigenvalue weighted by atomic mass is 35.5. The van der Waals surface area contributed by atoms with Crippen LogP contribution in [-0.2, 0) is 0 Å². The molecule has 4 heteroatoms. The van der Waals surface area contributed by atoms with Crippen LogP contribution in [0.2, 0.25) is 0 Å². The Labute approximate surface area is 114 Å². The molecular formula is C14H21ClN2O.